The summed E-state index contributed by atoms with van der Waals surface area (Å²) in [5.74, 6) is -1.17. The number of hydrogen-bond donors (Lipinski definition) is 0. The van der Waals surface area contributed by atoms with Gasteiger partial charge in [-0.2, -0.15) is 0 Å². The summed E-state index contributed by atoms with van der Waals surface area (Å²) < 4.78 is 25.7. The topological polar surface area (TPSA) is 0 Å². The van der Waals surface area contributed by atoms with Crippen molar-refractivity contribution in [1.82, 2.24) is 0 Å². The molecule has 76 valence electrons. The molecular formula is C11H11BrF2. The molecule has 3 heteroatoms. The van der Waals surface area contributed by atoms with Crippen LogP contribution in [0, 0.1) is 11.6 Å². The lowest BCUT2D eigenvalue weighted by Crippen LogP contribution is -2.05. The van der Waals surface area contributed by atoms with Crippen molar-refractivity contribution in [3.05, 3.63) is 35.4 Å². The van der Waals surface area contributed by atoms with Gasteiger partial charge in [0.05, 0.1) is 0 Å². The largest absolute Gasteiger partial charge is 0.204 e. The van der Waals surface area contributed by atoms with Crippen molar-refractivity contribution < 1.29 is 8.78 Å². The number of alkyl halides is 1. The fraction of sp³-hybridized carbons (Fsp3) is 0.455. The minimum Gasteiger partial charge on any atom is -0.204 e. The zero-order chi connectivity index (χ0) is 10.1. The minimum atomic E-state index is -0.766. The molecule has 2 rings (SSSR count). The minimum absolute atomic E-state index is 0.338. The maximum absolute atomic E-state index is 13.0. The normalized spacial score (nSPS) is 26.8. The van der Waals surface area contributed by atoms with E-state index in [1.807, 2.05) is 0 Å². The Kier molecular flexibility index (Phi) is 2.86. The van der Waals surface area contributed by atoms with Gasteiger partial charge >= 0.3 is 0 Å². The van der Waals surface area contributed by atoms with E-state index in [1.54, 1.807) is 6.07 Å². The zero-order valence-corrected chi connectivity index (χ0v) is 9.23. The SMILES string of the molecule is Fc1ccc(C2CCCC2Br)cc1F. The van der Waals surface area contributed by atoms with E-state index in [9.17, 15) is 8.78 Å². The van der Waals surface area contributed by atoms with Gasteiger partial charge in [0.15, 0.2) is 11.6 Å². The molecule has 0 spiro atoms. The number of benzene rings is 1. The molecular weight excluding hydrogens is 250 g/mol. The molecule has 2 atom stereocenters. The average molecular weight is 261 g/mol. The molecule has 1 aliphatic rings. The van der Waals surface area contributed by atoms with E-state index in [1.165, 1.54) is 12.1 Å². The Balaban J connectivity index is 2.28. The van der Waals surface area contributed by atoms with E-state index >= 15 is 0 Å². The Labute approximate surface area is 90.4 Å². The molecule has 0 radical (unpaired) electrons. The van der Waals surface area contributed by atoms with Crippen LogP contribution in [-0.4, -0.2) is 4.83 Å². The van der Waals surface area contributed by atoms with Crippen molar-refractivity contribution in [3.8, 4) is 0 Å². The van der Waals surface area contributed by atoms with Crippen molar-refractivity contribution >= 4 is 15.9 Å². The fourth-order valence-electron chi connectivity index (χ4n) is 2.03. The van der Waals surface area contributed by atoms with Crippen molar-refractivity contribution in [2.75, 3.05) is 0 Å². The number of hydrogen-bond acceptors (Lipinski definition) is 0. The van der Waals surface area contributed by atoms with Crippen LogP contribution in [0.25, 0.3) is 0 Å². The molecule has 1 aliphatic carbocycles. The Morgan fingerprint density at radius 1 is 1.14 bits per heavy atom. The zero-order valence-electron chi connectivity index (χ0n) is 7.64. The molecule has 1 aromatic carbocycles. The summed E-state index contributed by atoms with van der Waals surface area (Å²) in [6, 6.07) is 4.21. The van der Waals surface area contributed by atoms with E-state index in [4.69, 9.17) is 0 Å². The number of halogens is 3. The van der Waals surface area contributed by atoms with Gasteiger partial charge < -0.3 is 0 Å². The molecule has 1 aromatic rings. The molecule has 0 saturated heterocycles. The summed E-state index contributed by atoms with van der Waals surface area (Å²) >= 11 is 3.57. The third-order valence-corrected chi connectivity index (χ3v) is 3.90. The van der Waals surface area contributed by atoms with Crippen molar-refractivity contribution in [2.45, 2.75) is 30.0 Å². The van der Waals surface area contributed by atoms with Crippen LogP contribution in [-0.2, 0) is 0 Å². The van der Waals surface area contributed by atoms with Crippen LogP contribution in [0.1, 0.15) is 30.7 Å². The van der Waals surface area contributed by atoms with E-state index < -0.39 is 11.6 Å². The predicted octanol–water partition coefficient (Wildman–Crippen LogP) is 4.00. The van der Waals surface area contributed by atoms with Gasteiger partial charge in [-0.05, 0) is 36.5 Å². The van der Waals surface area contributed by atoms with E-state index in [2.05, 4.69) is 15.9 Å². The first-order valence-corrected chi connectivity index (χ1v) is 5.69. The summed E-state index contributed by atoms with van der Waals surface area (Å²) in [5, 5.41) is 0. The van der Waals surface area contributed by atoms with Gasteiger partial charge in [-0.15, -0.1) is 0 Å². The third kappa shape index (κ3) is 1.83. The van der Waals surface area contributed by atoms with Crippen molar-refractivity contribution in [2.24, 2.45) is 0 Å². The highest BCUT2D eigenvalue weighted by Gasteiger charge is 2.26. The van der Waals surface area contributed by atoms with Crippen molar-refractivity contribution in [1.29, 1.82) is 0 Å². The summed E-state index contributed by atoms with van der Waals surface area (Å²) in [4.78, 5) is 0.410. The molecule has 0 bridgehead atoms. The highest BCUT2D eigenvalue weighted by atomic mass is 79.9. The van der Waals surface area contributed by atoms with Crippen LogP contribution >= 0.6 is 15.9 Å². The lowest BCUT2D eigenvalue weighted by molar-refractivity contribution is 0.505. The smallest absolute Gasteiger partial charge is 0.159 e. The summed E-state index contributed by atoms with van der Waals surface area (Å²) in [5.41, 5.74) is 0.906. The van der Waals surface area contributed by atoms with Gasteiger partial charge in [0.25, 0.3) is 0 Å². The van der Waals surface area contributed by atoms with Gasteiger partial charge in [0.2, 0.25) is 0 Å². The molecule has 1 fully saturated rings. The molecule has 0 nitrogen and oxygen atoms in total. The first-order chi connectivity index (χ1) is 6.68. The van der Waals surface area contributed by atoms with Gasteiger partial charge in [0.1, 0.15) is 0 Å². The number of rotatable bonds is 1. The van der Waals surface area contributed by atoms with E-state index in [0.29, 0.717) is 10.7 Å². The van der Waals surface area contributed by atoms with E-state index in [0.717, 1.165) is 24.8 Å². The lowest BCUT2D eigenvalue weighted by atomic mass is 9.97. The van der Waals surface area contributed by atoms with Gasteiger partial charge in [0, 0.05) is 4.83 Å². The standard InChI is InChI=1S/C11H11BrF2/c12-9-3-1-2-8(9)7-4-5-10(13)11(14)6-7/h4-6,8-9H,1-3H2. The second kappa shape index (κ2) is 3.97. The highest BCUT2D eigenvalue weighted by molar-refractivity contribution is 9.09. The van der Waals surface area contributed by atoms with Crippen LogP contribution in [0.4, 0.5) is 8.78 Å². The second-order valence-corrected chi connectivity index (χ2v) is 4.90. The highest BCUT2D eigenvalue weighted by Crippen LogP contribution is 2.39. The second-order valence-electron chi connectivity index (χ2n) is 3.73. The lowest BCUT2D eigenvalue weighted by Gasteiger charge is -2.14. The quantitative estimate of drug-likeness (QED) is 0.670. The van der Waals surface area contributed by atoms with Crippen LogP contribution in [0.5, 0.6) is 0 Å². The first-order valence-electron chi connectivity index (χ1n) is 4.77. The van der Waals surface area contributed by atoms with Crippen LogP contribution in [0.3, 0.4) is 0 Å². The Morgan fingerprint density at radius 3 is 2.50 bits per heavy atom. The van der Waals surface area contributed by atoms with Gasteiger partial charge in [-0.1, -0.05) is 28.4 Å². The maximum atomic E-state index is 13.0. The molecule has 0 aliphatic heterocycles. The summed E-state index contributed by atoms with van der Waals surface area (Å²) in [7, 11) is 0. The Bertz CT molecular complexity index is 338. The summed E-state index contributed by atoms with van der Waals surface area (Å²) in [6.45, 7) is 0. The average Bonchev–Trinajstić information content (AvgIpc) is 2.57. The third-order valence-electron chi connectivity index (χ3n) is 2.80. The molecule has 14 heavy (non-hydrogen) atoms. The van der Waals surface area contributed by atoms with Gasteiger partial charge in [-0.25, -0.2) is 8.78 Å². The molecule has 2 unspecified atom stereocenters. The predicted molar refractivity (Wildman–Crippen MR) is 55.7 cm³/mol. The monoisotopic (exact) mass is 260 g/mol. The van der Waals surface area contributed by atoms with E-state index in [-0.39, 0.29) is 0 Å². The van der Waals surface area contributed by atoms with Crippen LogP contribution in [0.2, 0.25) is 0 Å². The molecule has 0 heterocycles. The van der Waals surface area contributed by atoms with Crippen molar-refractivity contribution in [3.63, 3.8) is 0 Å². The molecule has 0 aromatic heterocycles. The van der Waals surface area contributed by atoms with Crippen LogP contribution in [0.15, 0.2) is 18.2 Å². The van der Waals surface area contributed by atoms with Gasteiger partial charge in [-0.3, -0.25) is 0 Å². The summed E-state index contributed by atoms with van der Waals surface area (Å²) in [6.07, 6.45) is 3.32. The fourth-order valence-corrected chi connectivity index (χ4v) is 2.93. The Hall–Kier alpha value is -0.440. The molecule has 0 N–H and O–H groups in total. The molecule has 0 amide bonds. The Morgan fingerprint density at radius 2 is 1.93 bits per heavy atom. The maximum Gasteiger partial charge on any atom is 0.159 e. The van der Waals surface area contributed by atoms with Crippen LogP contribution < -0.4 is 0 Å². The molecule has 1 saturated carbocycles. The first kappa shape index (κ1) is 10.1.